The maximum Gasteiger partial charge on any atom is 0.408 e. The summed E-state index contributed by atoms with van der Waals surface area (Å²) in [6.07, 6.45) is -2.41. The molecule has 6 nitrogen and oxygen atoms in total. The Morgan fingerprint density at radius 1 is 1.40 bits per heavy atom. The van der Waals surface area contributed by atoms with Crippen LogP contribution in [0.25, 0.3) is 0 Å². The third kappa shape index (κ3) is 3.72. The zero-order chi connectivity index (χ0) is 14.8. The number of halogens is 3. The van der Waals surface area contributed by atoms with Crippen LogP contribution in [0, 0.1) is 0 Å². The molecule has 0 unspecified atom stereocenters. The van der Waals surface area contributed by atoms with Crippen LogP contribution in [0.15, 0.2) is 16.7 Å². The summed E-state index contributed by atoms with van der Waals surface area (Å²) in [5.74, 6) is 1.20. The van der Waals surface area contributed by atoms with Crippen molar-refractivity contribution in [2.24, 2.45) is 0 Å². The number of hydrogen-bond donors (Lipinski definition) is 1. The molecule has 20 heavy (non-hydrogen) atoms. The van der Waals surface area contributed by atoms with Gasteiger partial charge < -0.3 is 9.73 Å². The Bertz CT molecular complexity index is 562. The molecule has 0 aliphatic carbocycles. The lowest BCUT2D eigenvalue weighted by atomic mass is 10.3. The molecule has 0 radical (unpaired) electrons. The van der Waals surface area contributed by atoms with Gasteiger partial charge in [0, 0.05) is 18.7 Å². The molecule has 2 aromatic rings. The minimum absolute atomic E-state index is 0.318. The number of anilines is 1. The van der Waals surface area contributed by atoms with E-state index in [0.29, 0.717) is 24.0 Å². The molecule has 9 heteroatoms. The van der Waals surface area contributed by atoms with Gasteiger partial charge in [0.05, 0.1) is 0 Å². The highest BCUT2D eigenvalue weighted by atomic mass is 19.4. The lowest BCUT2D eigenvalue weighted by molar-refractivity contribution is -0.142. The van der Waals surface area contributed by atoms with Gasteiger partial charge >= 0.3 is 6.18 Å². The van der Waals surface area contributed by atoms with Crippen molar-refractivity contribution in [3.63, 3.8) is 0 Å². The van der Waals surface area contributed by atoms with Crippen LogP contribution in [0.2, 0.25) is 0 Å². The average molecular weight is 289 g/mol. The molecule has 2 aromatic heterocycles. The fraction of sp³-hybridized carbons (Fsp3) is 0.545. The lowest BCUT2D eigenvalue weighted by Crippen LogP contribution is -2.18. The fourth-order valence-corrected chi connectivity index (χ4v) is 1.58. The molecule has 1 atom stereocenters. The predicted molar refractivity (Wildman–Crippen MR) is 64.0 cm³/mol. The highest BCUT2D eigenvalue weighted by Crippen LogP contribution is 2.20. The van der Waals surface area contributed by atoms with Crippen LogP contribution in [-0.2, 0) is 13.0 Å². The Balaban J connectivity index is 1.99. The van der Waals surface area contributed by atoms with Crippen molar-refractivity contribution in [1.29, 1.82) is 0 Å². The van der Waals surface area contributed by atoms with E-state index in [9.17, 15) is 13.2 Å². The molecule has 1 N–H and O–H groups in total. The van der Waals surface area contributed by atoms with Crippen LogP contribution in [0.5, 0.6) is 0 Å². The van der Waals surface area contributed by atoms with Crippen molar-refractivity contribution < 1.29 is 17.6 Å². The Morgan fingerprint density at radius 3 is 2.75 bits per heavy atom. The van der Waals surface area contributed by atoms with Gasteiger partial charge in [0.15, 0.2) is 0 Å². The van der Waals surface area contributed by atoms with Crippen LogP contribution < -0.4 is 5.32 Å². The number of hydrogen-bond acceptors (Lipinski definition) is 5. The summed E-state index contributed by atoms with van der Waals surface area (Å²) < 4.78 is 42.8. The van der Waals surface area contributed by atoms with Crippen molar-refractivity contribution in [1.82, 2.24) is 20.0 Å². The maximum absolute atomic E-state index is 12.2. The molecule has 0 spiro atoms. The first kappa shape index (κ1) is 14.4. The molecule has 0 saturated heterocycles. The monoisotopic (exact) mass is 289 g/mol. The molecule has 0 amide bonds. The topological polar surface area (TPSA) is 68.8 Å². The first-order chi connectivity index (χ1) is 9.37. The second-order valence-electron chi connectivity index (χ2n) is 4.27. The molecular weight excluding hydrogens is 275 g/mol. The van der Waals surface area contributed by atoms with Crippen LogP contribution >= 0.6 is 0 Å². The Hall–Kier alpha value is -2.06. The first-order valence-corrected chi connectivity index (χ1v) is 6.06. The molecule has 0 aliphatic heterocycles. The van der Waals surface area contributed by atoms with Gasteiger partial charge in [0.2, 0.25) is 11.8 Å². The van der Waals surface area contributed by atoms with Crippen molar-refractivity contribution in [3.05, 3.63) is 24.0 Å². The summed E-state index contributed by atoms with van der Waals surface area (Å²) in [6.45, 7) is 2.52. The average Bonchev–Trinajstić information content (AvgIpc) is 2.96. The summed E-state index contributed by atoms with van der Waals surface area (Å²) in [6, 6.07) is 1.12. The lowest BCUT2D eigenvalue weighted by Gasteiger charge is -2.09. The summed E-state index contributed by atoms with van der Waals surface area (Å²) >= 11 is 0. The van der Waals surface area contributed by atoms with E-state index < -0.39 is 12.7 Å². The van der Waals surface area contributed by atoms with E-state index in [4.69, 9.17) is 4.42 Å². The fourth-order valence-electron chi connectivity index (χ4n) is 1.58. The Kier molecular flexibility index (Phi) is 3.96. The number of alkyl halides is 3. The number of rotatable bonds is 5. The van der Waals surface area contributed by atoms with Gasteiger partial charge in [-0.1, -0.05) is 6.92 Å². The molecule has 110 valence electrons. The van der Waals surface area contributed by atoms with E-state index in [1.165, 1.54) is 12.3 Å². The van der Waals surface area contributed by atoms with E-state index in [2.05, 4.69) is 20.6 Å². The highest BCUT2D eigenvalue weighted by molar-refractivity contribution is 5.34. The van der Waals surface area contributed by atoms with Crippen molar-refractivity contribution in [2.75, 3.05) is 5.32 Å². The zero-order valence-electron chi connectivity index (χ0n) is 11.0. The van der Waals surface area contributed by atoms with Crippen molar-refractivity contribution in [2.45, 2.75) is 39.0 Å². The first-order valence-electron chi connectivity index (χ1n) is 6.06. The smallest absolute Gasteiger partial charge is 0.408 e. The Labute approximate surface area is 113 Å². The van der Waals surface area contributed by atoms with Crippen LogP contribution in [0.3, 0.4) is 0 Å². The number of nitrogens with zero attached hydrogens (tertiary/aromatic N) is 4. The standard InChI is InChI=1S/C11H14F3N5O/c1-3-9-16-17-10(20-9)7(2)15-8-4-5-19(18-8)6-11(12,13)14/h4-5,7H,3,6H2,1-2H3,(H,15,18)/t7-/m0/s1. The van der Waals surface area contributed by atoms with Crippen LogP contribution in [-0.4, -0.2) is 26.2 Å². The van der Waals surface area contributed by atoms with E-state index >= 15 is 0 Å². The summed E-state index contributed by atoms with van der Waals surface area (Å²) in [5, 5.41) is 14.4. The summed E-state index contributed by atoms with van der Waals surface area (Å²) in [5.41, 5.74) is 0. The van der Waals surface area contributed by atoms with Gasteiger partial charge in [0.25, 0.3) is 0 Å². The van der Waals surface area contributed by atoms with E-state index in [1.807, 2.05) is 6.92 Å². The zero-order valence-corrected chi connectivity index (χ0v) is 11.0. The van der Waals surface area contributed by atoms with Crippen LogP contribution in [0.1, 0.15) is 31.7 Å². The quantitative estimate of drug-likeness (QED) is 0.916. The molecule has 0 fully saturated rings. The normalized spacial score (nSPS) is 13.4. The number of aryl methyl sites for hydroxylation is 1. The molecule has 0 aromatic carbocycles. The molecule has 2 heterocycles. The molecule has 0 bridgehead atoms. The van der Waals surface area contributed by atoms with Gasteiger partial charge in [-0.05, 0) is 6.92 Å². The van der Waals surface area contributed by atoms with Gasteiger partial charge in [-0.3, -0.25) is 4.68 Å². The summed E-state index contributed by atoms with van der Waals surface area (Å²) in [4.78, 5) is 0. The predicted octanol–water partition coefficient (Wildman–Crippen LogP) is 2.56. The second-order valence-corrected chi connectivity index (χ2v) is 4.27. The van der Waals surface area contributed by atoms with E-state index in [0.717, 1.165) is 4.68 Å². The van der Waals surface area contributed by atoms with Crippen molar-refractivity contribution in [3.8, 4) is 0 Å². The minimum atomic E-state index is -4.29. The summed E-state index contributed by atoms with van der Waals surface area (Å²) in [7, 11) is 0. The van der Waals surface area contributed by atoms with E-state index in [-0.39, 0.29) is 6.04 Å². The highest BCUT2D eigenvalue weighted by Gasteiger charge is 2.28. The third-order valence-corrected chi connectivity index (χ3v) is 2.50. The minimum Gasteiger partial charge on any atom is -0.423 e. The number of nitrogens with one attached hydrogen (secondary N) is 1. The molecular formula is C11H14F3N5O. The van der Waals surface area contributed by atoms with Gasteiger partial charge in [-0.25, -0.2) is 0 Å². The largest absolute Gasteiger partial charge is 0.423 e. The Morgan fingerprint density at radius 2 is 2.15 bits per heavy atom. The SMILES string of the molecule is CCc1nnc([C@H](C)Nc2ccn(CC(F)(F)F)n2)o1. The van der Waals surface area contributed by atoms with Gasteiger partial charge in [-0.2, -0.15) is 18.3 Å². The second kappa shape index (κ2) is 5.51. The van der Waals surface area contributed by atoms with Gasteiger partial charge in [0.1, 0.15) is 18.4 Å². The van der Waals surface area contributed by atoms with Crippen LogP contribution in [0.4, 0.5) is 19.0 Å². The number of aromatic nitrogens is 4. The van der Waals surface area contributed by atoms with E-state index in [1.54, 1.807) is 6.92 Å². The van der Waals surface area contributed by atoms with Gasteiger partial charge in [-0.15, -0.1) is 10.2 Å². The third-order valence-electron chi connectivity index (χ3n) is 2.50. The molecule has 2 rings (SSSR count). The molecule has 0 saturated carbocycles. The maximum atomic E-state index is 12.2. The molecule has 0 aliphatic rings. The van der Waals surface area contributed by atoms with Crippen molar-refractivity contribution >= 4 is 5.82 Å².